The van der Waals surface area contributed by atoms with Gasteiger partial charge in [0.1, 0.15) is 128 Å². The molecule has 5 unspecified atom stereocenters. The van der Waals surface area contributed by atoms with Crippen LogP contribution >= 0.6 is 0 Å². The maximum atomic E-state index is 15.3. The minimum absolute atomic E-state index is 0.0796. The van der Waals surface area contributed by atoms with Gasteiger partial charge in [0.15, 0.2) is 24.4 Å². The van der Waals surface area contributed by atoms with Crippen LogP contribution in [0.25, 0.3) is 0 Å². The second-order valence-electron chi connectivity index (χ2n) is 25.3. The van der Waals surface area contributed by atoms with Gasteiger partial charge < -0.3 is 148 Å². The Balaban J connectivity index is 1.14. The molecule has 38 heteroatoms. The smallest absolute Gasteiger partial charge is 0.309 e. The lowest BCUT2D eigenvalue weighted by Gasteiger charge is -2.46. The molecule has 100 heavy (non-hydrogen) atoms. The van der Waals surface area contributed by atoms with Gasteiger partial charge in [-0.3, -0.25) is 43.5 Å². The number of rotatable bonds is 23. The number of carbonyl (C=O) groups is 7. The van der Waals surface area contributed by atoms with Crippen LogP contribution in [0.3, 0.4) is 0 Å². The number of nitrogens with one attached hydrogen (secondary N) is 7. The highest BCUT2D eigenvalue weighted by molar-refractivity contribution is 5.98. The minimum atomic E-state index is -2.39. The van der Waals surface area contributed by atoms with Crippen LogP contribution in [0, 0.1) is 5.92 Å². The summed E-state index contributed by atoms with van der Waals surface area (Å²) in [6, 6.07) is 0.651. The summed E-state index contributed by atoms with van der Waals surface area (Å²) in [6.45, 7) is -0.131. The molecule has 0 radical (unpaired) electrons. The number of hydrogen-bond donors (Lipinski definition) is 22. The van der Waals surface area contributed by atoms with Crippen molar-refractivity contribution in [3.63, 3.8) is 0 Å². The number of amides is 6. The Bertz CT molecular complexity index is 3160. The zero-order valence-corrected chi connectivity index (χ0v) is 54.8. The average molecular weight is 1420 g/mol. The molecule has 6 heterocycles. The van der Waals surface area contributed by atoms with Crippen LogP contribution in [-0.4, -0.2) is 317 Å². The Morgan fingerprint density at radius 2 is 1.18 bits per heavy atom. The van der Waals surface area contributed by atoms with E-state index in [2.05, 4.69) is 47.2 Å². The van der Waals surface area contributed by atoms with Crippen LogP contribution in [0.4, 0.5) is 0 Å². The summed E-state index contributed by atoms with van der Waals surface area (Å²) in [5.74, 6) is -10.5. The first-order valence-corrected chi connectivity index (χ1v) is 32.8. The fourth-order valence-corrected chi connectivity index (χ4v) is 12.5. The van der Waals surface area contributed by atoms with Crippen molar-refractivity contribution in [1.29, 1.82) is 0 Å². The Morgan fingerprint density at radius 3 is 1.80 bits per heavy atom. The van der Waals surface area contributed by atoms with E-state index in [0.29, 0.717) is 31.2 Å². The molecule has 8 rings (SSSR count). The van der Waals surface area contributed by atoms with Crippen LogP contribution in [0.1, 0.15) is 63.5 Å². The molecule has 0 aliphatic carbocycles. The molecule has 0 spiro atoms. The van der Waals surface area contributed by atoms with E-state index in [1.165, 1.54) is 24.3 Å². The number of ether oxygens (including phenoxy) is 6. The molecule has 2 aromatic carbocycles. The Morgan fingerprint density at radius 1 is 0.610 bits per heavy atom. The molecule has 0 bridgehead atoms. The van der Waals surface area contributed by atoms with Crippen molar-refractivity contribution in [2.75, 3.05) is 46.1 Å². The lowest BCUT2D eigenvalue weighted by molar-refractivity contribution is -0.352. The fraction of sp³-hybridized carbons (Fsp3) is 0.661. The average Bonchev–Trinajstić information content (AvgIpc) is 1.46. The summed E-state index contributed by atoms with van der Waals surface area (Å²) in [6.07, 6.45) is -30.1. The van der Waals surface area contributed by atoms with Gasteiger partial charge in [-0.1, -0.05) is 76.1 Å². The molecule has 24 N–H and O–H groups in total. The Labute approximate surface area is 572 Å². The third kappa shape index (κ3) is 18.4. The summed E-state index contributed by atoms with van der Waals surface area (Å²) < 4.78 is 34.1. The van der Waals surface area contributed by atoms with Gasteiger partial charge >= 0.3 is 5.97 Å². The zero-order valence-electron chi connectivity index (χ0n) is 54.8. The zero-order chi connectivity index (χ0) is 73.0. The van der Waals surface area contributed by atoms with E-state index in [4.69, 9.17) is 39.9 Å². The maximum Gasteiger partial charge on any atom is 0.309 e. The number of benzene rings is 2. The number of hydrogen-bond acceptors (Lipinski definition) is 32. The highest BCUT2D eigenvalue weighted by Crippen LogP contribution is 2.33. The van der Waals surface area contributed by atoms with E-state index in [-0.39, 0.29) is 23.8 Å². The Kier molecular flexibility index (Phi) is 27.6. The lowest BCUT2D eigenvalue weighted by atomic mass is 9.92. The van der Waals surface area contributed by atoms with Gasteiger partial charge in [-0.2, -0.15) is 0 Å². The van der Waals surface area contributed by atoms with Crippen molar-refractivity contribution in [3.05, 3.63) is 65.7 Å². The second kappa shape index (κ2) is 35.3. The largest absolute Gasteiger partial charge is 0.463 e. The number of nitrogens with zero attached hydrogens (tertiary/aromatic N) is 3. The molecular formula is C62H92N12O26. The van der Waals surface area contributed by atoms with Gasteiger partial charge in [-0.15, -0.1) is 0 Å². The highest BCUT2D eigenvalue weighted by Gasteiger charge is 2.54. The van der Waals surface area contributed by atoms with E-state index in [9.17, 15) is 80.8 Å². The van der Waals surface area contributed by atoms with Crippen LogP contribution in [0.2, 0.25) is 0 Å². The van der Waals surface area contributed by atoms with E-state index in [0.717, 1.165) is 4.90 Å². The van der Waals surface area contributed by atoms with Crippen molar-refractivity contribution in [3.8, 4) is 5.75 Å². The monoisotopic (exact) mass is 1420 g/mol. The van der Waals surface area contributed by atoms with Gasteiger partial charge in [0, 0.05) is 12.3 Å². The first-order valence-electron chi connectivity index (χ1n) is 32.8. The minimum Gasteiger partial charge on any atom is -0.463 e. The molecule has 4 fully saturated rings. The summed E-state index contributed by atoms with van der Waals surface area (Å²) >= 11 is 0. The molecule has 0 aromatic heterocycles. The van der Waals surface area contributed by atoms with Crippen molar-refractivity contribution in [2.24, 2.45) is 27.4 Å². The first-order chi connectivity index (χ1) is 47.6. The Hall–Kier alpha value is -7.61. The van der Waals surface area contributed by atoms with E-state index in [1.54, 1.807) is 37.3 Å². The molecular weight excluding hydrogens is 1330 g/mol. The van der Waals surface area contributed by atoms with Gasteiger partial charge in [0.2, 0.25) is 41.7 Å². The number of aliphatic hydroxyl groups is 13. The molecule has 2 aromatic rings. The molecule has 0 saturated carbocycles. The second-order valence-corrected chi connectivity index (χ2v) is 25.3. The van der Waals surface area contributed by atoms with Crippen LogP contribution < -0.4 is 53.4 Å². The predicted molar refractivity (Wildman–Crippen MR) is 340 cm³/mol. The quantitative estimate of drug-likeness (QED) is 0.0459. The van der Waals surface area contributed by atoms with E-state index < -0.39 is 252 Å². The molecule has 25 atom stereocenters. The van der Waals surface area contributed by atoms with Gasteiger partial charge in [-0.25, -0.2) is 0 Å². The molecule has 6 aliphatic rings. The van der Waals surface area contributed by atoms with Crippen molar-refractivity contribution in [1.82, 2.24) is 42.1 Å². The summed E-state index contributed by atoms with van der Waals surface area (Å²) in [7, 11) is 0. The summed E-state index contributed by atoms with van der Waals surface area (Å²) in [5, 5.41) is 159. The molecule has 38 nitrogen and oxygen atoms in total. The SMILES string of the molecule is CCCC(CCC)C(=O)OC[C@@H]1NC(=O)[C@@H](C(O)C2CN=C(N)N2[C@H]2O[C@H](CO)[C@@H](O)[C@H](O)[C@@H]2O)NC(=O)[C@H](C(O)C2CN=C(N)N2)NC(=O)[C@@H](Cc2ccc(O[C@H]3O[C@H](CO)[C@@H](O[C@H]4O[C@H](CO)[C@@H](O)[C@H](O)[C@@H]4O)[C@H](O)[C@@H]3O)cc2)NC(=O)[C@H](C(C)c2ccccc2)NC(=O)CNC1=O. The lowest BCUT2D eigenvalue weighted by Crippen LogP contribution is -2.70. The van der Waals surface area contributed by atoms with Crippen molar-refractivity contribution in [2.45, 2.75) is 205 Å². The topological polar surface area (TPSA) is 602 Å². The van der Waals surface area contributed by atoms with Gasteiger partial charge in [0.25, 0.3) is 0 Å². The number of guanidine groups is 2. The summed E-state index contributed by atoms with van der Waals surface area (Å²) in [5.41, 5.74) is 13.0. The van der Waals surface area contributed by atoms with Crippen LogP contribution in [0.5, 0.6) is 5.75 Å². The number of aliphatic imine (C=N–C) groups is 2. The van der Waals surface area contributed by atoms with E-state index >= 15 is 19.2 Å². The van der Waals surface area contributed by atoms with Crippen LogP contribution in [0.15, 0.2) is 64.6 Å². The standard InChI is InChI=1S/C62H92N12O26/c1-4-9-28(10-5-2)58(94)95-24-32-52(89)65-20-37(78)71-38(25(3)27-11-7-6-8-12-27)54(91)68-30(17-26-13-15-29(16-14-26)96-59-50(88)47(85)51(36(23-77)99-59)100-60-49(87)46(84)44(82)35(22-76)98-60)53(90)72-39(41(79)31-18-66-61(63)70-31)56(93)73-40(55(92)69-32)42(80)33-19-67-62(64)74(33)57-48(86)45(83)43(81)34(21-75)97-57/h6-8,11-16,25,28,30-36,38-51,57,59-60,75-77,79-88H,4-5,9-10,17-24H2,1-3H3,(H2,64,67)(H,65,89)(H,68,91)(H,69,92)(H,71,78)(H,72,90)(H,73,93)(H3,63,66,70)/t25?,30-,31?,32+,33?,34-,35-,36-,38+,39+,40-,41?,42?,43-,44-,45+,46+,47-,48+,49+,50+,51-,57+,59+,60-/m1/s1. The van der Waals surface area contributed by atoms with Crippen LogP contribution in [-0.2, 0) is 63.7 Å². The predicted octanol–water partition coefficient (Wildman–Crippen LogP) is -10.8. The van der Waals surface area contributed by atoms with Crippen molar-refractivity contribution < 1.29 is 128 Å². The molecule has 6 amide bonds. The molecule has 6 aliphatic heterocycles. The van der Waals surface area contributed by atoms with Gasteiger partial charge in [-0.05, 0) is 36.1 Å². The van der Waals surface area contributed by atoms with E-state index in [1.807, 2.05) is 13.8 Å². The highest BCUT2D eigenvalue weighted by atomic mass is 16.7. The van der Waals surface area contributed by atoms with Crippen molar-refractivity contribution >= 4 is 53.3 Å². The normalized spacial score (nSPS) is 35.2. The number of esters is 1. The maximum absolute atomic E-state index is 15.3. The molecule has 556 valence electrons. The summed E-state index contributed by atoms with van der Waals surface area (Å²) in [4.78, 5) is 112. The number of carbonyl (C=O) groups excluding carboxylic acids is 7. The number of aliphatic hydroxyl groups excluding tert-OH is 13. The fourth-order valence-electron chi connectivity index (χ4n) is 12.5. The third-order valence-corrected chi connectivity index (χ3v) is 18.3. The third-order valence-electron chi connectivity index (χ3n) is 18.3. The number of nitrogens with two attached hydrogens (primary N) is 2. The van der Waals surface area contributed by atoms with Gasteiger partial charge in [0.05, 0.1) is 57.5 Å². The first kappa shape index (κ1) is 78.1. The molecule has 4 saturated heterocycles.